The summed E-state index contributed by atoms with van der Waals surface area (Å²) in [6.45, 7) is 4.02. The highest BCUT2D eigenvalue weighted by molar-refractivity contribution is 5.35. The molecule has 2 aromatic rings. The highest BCUT2D eigenvalue weighted by Gasteiger charge is 2.40. The highest BCUT2D eigenvalue weighted by atomic mass is 14.9. The van der Waals surface area contributed by atoms with Crippen molar-refractivity contribution in [1.29, 1.82) is 0 Å². The summed E-state index contributed by atoms with van der Waals surface area (Å²) >= 11 is 0. The van der Waals surface area contributed by atoms with Crippen LogP contribution in [0.15, 0.2) is 36.5 Å². The van der Waals surface area contributed by atoms with Crippen molar-refractivity contribution in [2.45, 2.75) is 51.0 Å². The summed E-state index contributed by atoms with van der Waals surface area (Å²) in [4.78, 5) is 9.53. The molecule has 1 saturated carbocycles. The standard InChI is InChI=1S/C18H23N3/c1-13(19)16-12-20-17(21-14(16)2)18(10-6-7-11-18)15-8-4-3-5-9-15/h3-5,8-9,12-13H,6-7,10-11,19H2,1-2H3. The van der Waals surface area contributed by atoms with E-state index in [1.54, 1.807) is 0 Å². The summed E-state index contributed by atoms with van der Waals surface area (Å²) < 4.78 is 0. The van der Waals surface area contributed by atoms with Crippen LogP contribution in [0.4, 0.5) is 0 Å². The van der Waals surface area contributed by atoms with Gasteiger partial charge in [0.15, 0.2) is 0 Å². The Morgan fingerprint density at radius 2 is 1.81 bits per heavy atom. The first-order valence-corrected chi connectivity index (χ1v) is 7.78. The van der Waals surface area contributed by atoms with Gasteiger partial charge in [-0.3, -0.25) is 0 Å². The Kier molecular flexibility index (Phi) is 3.77. The molecule has 21 heavy (non-hydrogen) atoms. The van der Waals surface area contributed by atoms with Crippen molar-refractivity contribution in [2.24, 2.45) is 5.73 Å². The predicted octanol–water partition coefficient (Wildman–Crippen LogP) is 3.66. The van der Waals surface area contributed by atoms with Gasteiger partial charge < -0.3 is 5.73 Å². The number of hydrogen-bond acceptors (Lipinski definition) is 3. The van der Waals surface area contributed by atoms with Gasteiger partial charge in [0.25, 0.3) is 0 Å². The van der Waals surface area contributed by atoms with Crippen LogP contribution < -0.4 is 5.73 Å². The maximum atomic E-state index is 5.98. The van der Waals surface area contributed by atoms with E-state index in [0.29, 0.717) is 0 Å². The molecule has 0 amide bonds. The third-order valence-electron chi connectivity index (χ3n) is 4.72. The average Bonchev–Trinajstić information content (AvgIpc) is 2.98. The maximum Gasteiger partial charge on any atom is 0.139 e. The first kappa shape index (κ1) is 14.2. The Balaban J connectivity index is 2.09. The lowest BCUT2D eigenvalue weighted by atomic mass is 9.78. The zero-order valence-electron chi connectivity index (χ0n) is 12.8. The van der Waals surface area contributed by atoms with Crippen molar-refractivity contribution >= 4 is 0 Å². The van der Waals surface area contributed by atoms with Gasteiger partial charge in [0.05, 0.1) is 5.41 Å². The Hall–Kier alpha value is -1.74. The molecule has 1 heterocycles. The number of nitrogens with zero attached hydrogens (tertiary/aromatic N) is 2. The van der Waals surface area contributed by atoms with Crippen molar-refractivity contribution in [3.8, 4) is 0 Å². The lowest BCUT2D eigenvalue weighted by Crippen LogP contribution is -2.27. The first-order chi connectivity index (χ1) is 10.1. The quantitative estimate of drug-likeness (QED) is 0.934. The molecule has 0 bridgehead atoms. The van der Waals surface area contributed by atoms with Gasteiger partial charge in [0.2, 0.25) is 0 Å². The minimum Gasteiger partial charge on any atom is -0.324 e. The van der Waals surface area contributed by atoms with Crippen LogP contribution in [0.25, 0.3) is 0 Å². The molecule has 3 nitrogen and oxygen atoms in total. The fraction of sp³-hybridized carbons (Fsp3) is 0.444. The summed E-state index contributed by atoms with van der Waals surface area (Å²) in [6.07, 6.45) is 6.67. The van der Waals surface area contributed by atoms with E-state index in [1.165, 1.54) is 18.4 Å². The maximum absolute atomic E-state index is 5.98. The molecule has 1 fully saturated rings. The van der Waals surface area contributed by atoms with Gasteiger partial charge in [0, 0.05) is 23.5 Å². The molecule has 2 N–H and O–H groups in total. The van der Waals surface area contributed by atoms with E-state index in [1.807, 2.05) is 20.0 Å². The largest absolute Gasteiger partial charge is 0.324 e. The fourth-order valence-electron chi connectivity index (χ4n) is 3.53. The Morgan fingerprint density at radius 3 is 2.38 bits per heavy atom. The predicted molar refractivity (Wildman–Crippen MR) is 85.1 cm³/mol. The molecule has 3 heteroatoms. The van der Waals surface area contributed by atoms with E-state index in [0.717, 1.165) is 29.9 Å². The molecule has 3 rings (SSSR count). The van der Waals surface area contributed by atoms with E-state index in [4.69, 9.17) is 15.7 Å². The molecule has 1 aliphatic carbocycles. The number of nitrogens with two attached hydrogens (primary N) is 1. The van der Waals surface area contributed by atoms with Gasteiger partial charge in [-0.25, -0.2) is 9.97 Å². The van der Waals surface area contributed by atoms with Crippen LogP contribution in [0.5, 0.6) is 0 Å². The zero-order chi connectivity index (χ0) is 14.9. The Labute approximate surface area is 126 Å². The Morgan fingerprint density at radius 1 is 1.14 bits per heavy atom. The monoisotopic (exact) mass is 281 g/mol. The van der Waals surface area contributed by atoms with E-state index in [-0.39, 0.29) is 11.5 Å². The number of aryl methyl sites for hydroxylation is 1. The van der Waals surface area contributed by atoms with Gasteiger partial charge in [-0.2, -0.15) is 0 Å². The molecule has 1 atom stereocenters. The average molecular weight is 281 g/mol. The van der Waals surface area contributed by atoms with Crippen LogP contribution in [-0.2, 0) is 5.41 Å². The summed E-state index contributed by atoms with van der Waals surface area (Å²) in [7, 11) is 0. The molecular weight excluding hydrogens is 258 g/mol. The number of rotatable bonds is 3. The van der Waals surface area contributed by atoms with Crippen molar-refractivity contribution < 1.29 is 0 Å². The van der Waals surface area contributed by atoms with Gasteiger partial charge >= 0.3 is 0 Å². The second-order valence-corrected chi connectivity index (χ2v) is 6.18. The second kappa shape index (κ2) is 5.57. The highest BCUT2D eigenvalue weighted by Crippen LogP contribution is 2.45. The molecule has 1 aromatic heterocycles. The number of aromatic nitrogens is 2. The first-order valence-electron chi connectivity index (χ1n) is 7.78. The number of hydrogen-bond donors (Lipinski definition) is 1. The van der Waals surface area contributed by atoms with Crippen molar-refractivity contribution in [2.75, 3.05) is 0 Å². The van der Waals surface area contributed by atoms with Gasteiger partial charge in [-0.1, -0.05) is 43.2 Å². The smallest absolute Gasteiger partial charge is 0.139 e. The SMILES string of the molecule is Cc1nc(C2(c3ccccc3)CCCC2)ncc1C(C)N. The lowest BCUT2D eigenvalue weighted by molar-refractivity contribution is 0.495. The third kappa shape index (κ3) is 2.46. The van der Waals surface area contributed by atoms with Crippen LogP contribution in [-0.4, -0.2) is 9.97 Å². The molecule has 0 spiro atoms. The minimum atomic E-state index is -0.0182. The normalized spacial score (nSPS) is 18.6. The summed E-state index contributed by atoms with van der Waals surface area (Å²) in [5, 5.41) is 0. The molecule has 0 radical (unpaired) electrons. The van der Waals surface area contributed by atoms with Crippen LogP contribution in [0.3, 0.4) is 0 Å². The minimum absolute atomic E-state index is 0.0115. The fourth-order valence-corrected chi connectivity index (χ4v) is 3.53. The van der Waals surface area contributed by atoms with Crippen LogP contribution in [0.1, 0.15) is 61.3 Å². The number of benzene rings is 1. The molecule has 110 valence electrons. The van der Waals surface area contributed by atoms with Crippen LogP contribution >= 0.6 is 0 Å². The van der Waals surface area contributed by atoms with Gasteiger partial charge in [-0.15, -0.1) is 0 Å². The molecule has 1 unspecified atom stereocenters. The summed E-state index contributed by atoms with van der Waals surface area (Å²) in [5.41, 5.74) is 9.37. The molecule has 0 aliphatic heterocycles. The van der Waals surface area contributed by atoms with Crippen molar-refractivity contribution in [3.63, 3.8) is 0 Å². The van der Waals surface area contributed by atoms with Crippen LogP contribution in [0.2, 0.25) is 0 Å². The van der Waals surface area contributed by atoms with E-state index < -0.39 is 0 Å². The molecular formula is C18H23N3. The molecule has 1 aliphatic rings. The van der Waals surface area contributed by atoms with Crippen molar-refractivity contribution in [1.82, 2.24) is 9.97 Å². The second-order valence-electron chi connectivity index (χ2n) is 6.18. The van der Waals surface area contributed by atoms with Gasteiger partial charge in [0.1, 0.15) is 5.82 Å². The third-order valence-corrected chi connectivity index (χ3v) is 4.72. The summed E-state index contributed by atoms with van der Waals surface area (Å²) in [5.74, 6) is 0.966. The molecule has 1 aromatic carbocycles. The lowest BCUT2D eigenvalue weighted by Gasteiger charge is -2.28. The Bertz CT molecular complexity index is 614. The molecule has 0 saturated heterocycles. The van der Waals surface area contributed by atoms with Crippen molar-refractivity contribution in [3.05, 3.63) is 59.2 Å². The topological polar surface area (TPSA) is 51.8 Å². The summed E-state index contributed by atoms with van der Waals surface area (Å²) in [6, 6.07) is 10.7. The zero-order valence-corrected chi connectivity index (χ0v) is 12.8. The van der Waals surface area contributed by atoms with Crippen LogP contribution in [0, 0.1) is 6.92 Å². The van der Waals surface area contributed by atoms with Gasteiger partial charge in [-0.05, 0) is 32.3 Å². The van der Waals surface area contributed by atoms with E-state index >= 15 is 0 Å². The van der Waals surface area contributed by atoms with E-state index in [2.05, 4.69) is 30.3 Å². The van der Waals surface area contributed by atoms with E-state index in [9.17, 15) is 0 Å².